The number of anilines is 2. The van der Waals surface area contributed by atoms with Crippen molar-refractivity contribution in [3.05, 3.63) is 0 Å². The van der Waals surface area contributed by atoms with Crippen molar-refractivity contribution in [2.75, 3.05) is 62.6 Å². The van der Waals surface area contributed by atoms with E-state index in [-0.39, 0.29) is 19.8 Å². The van der Waals surface area contributed by atoms with E-state index in [2.05, 4.69) is 15.0 Å². The summed E-state index contributed by atoms with van der Waals surface area (Å²) >= 11 is 1.33. The van der Waals surface area contributed by atoms with Gasteiger partial charge in [-0.3, -0.25) is 0 Å². The number of hydrogen-bond donors (Lipinski definition) is 3. The van der Waals surface area contributed by atoms with E-state index in [1.165, 1.54) is 11.8 Å². The largest absolute Gasteiger partial charge is 0.396 e. The summed E-state index contributed by atoms with van der Waals surface area (Å²) in [5, 5.41) is 27.3. The van der Waals surface area contributed by atoms with E-state index in [4.69, 9.17) is 15.3 Å². The Labute approximate surface area is 122 Å². The fourth-order valence-corrected chi connectivity index (χ4v) is 1.94. The van der Waals surface area contributed by atoms with Crippen LogP contribution in [0.2, 0.25) is 0 Å². The molecule has 1 heterocycles. The van der Waals surface area contributed by atoms with Crippen molar-refractivity contribution in [2.24, 2.45) is 0 Å². The molecule has 0 spiro atoms. The van der Waals surface area contributed by atoms with Gasteiger partial charge >= 0.3 is 0 Å². The number of nitrogens with zero attached hydrogens (tertiary/aromatic N) is 5. The second-order valence-corrected chi connectivity index (χ2v) is 5.14. The molecule has 0 radical (unpaired) electrons. The molecule has 1 rings (SSSR count). The molecule has 0 aliphatic carbocycles. The summed E-state index contributed by atoms with van der Waals surface area (Å²) in [6.45, 7) is 0.876. The fourth-order valence-electron chi connectivity index (χ4n) is 1.38. The Kier molecular flexibility index (Phi) is 7.52. The lowest BCUT2D eigenvalue weighted by molar-refractivity contribution is 0.303. The number of aliphatic hydroxyl groups excluding tert-OH is 3. The summed E-state index contributed by atoms with van der Waals surface area (Å²) in [5.41, 5.74) is 0. The predicted molar refractivity (Wildman–Crippen MR) is 78.3 cm³/mol. The number of aliphatic hydroxyl groups is 3. The summed E-state index contributed by atoms with van der Waals surface area (Å²) in [6, 6.07) is 0. The van der Waals surface area contributed by atoms with Gasteiger partial charge < -0.3 is 25.1 Å². The van der Waals surface area contributed by atoms with E-state index in [0.717, 1.165) is 0 Å². The van der Waals surface area contributed by atoms with Gasteiger partial charge in [0.15, 0.2) is 5.16 Å². The Morgan fingerprint density at radius 2 is 1.35 bits per heavy atom. The highest BCUT2D eigenvalue weighted by Gasteiger charge is 2.13. The van der Waals surface area contributed by atoms with Gasteiger partial charge in [0.1, 0.15) is 0 Å². The molecule has 0 aliphatic heterocycles. The van der Waals surface area contributed by atoms with Crippen molar-refractivity contribution in [2.45, 2.75) is 5.16 Å². The molecule has 1 aromatic heterocycles. The number of rotatable bonds is 9. The molecule has 114 valence electrons. The van der Waals surface area contributed by atoms with Gasteiger partial charge in [0.2, 0.25) is 11.9 Å². The summed E-state index contributed by atoms with van der Waals surface area (Å²) < 4.78 is 0. The third kappa shape index (κ3) is 5.08. The minimum atomic E-state index is 0.00309. The molecule has 0 amide bonds. The first kappa shape index (κ1) is 16.9. The maximum absolute atomic E-state index is 8.98. The Hall–Kier alpha value is -1.16. The highest BCUT2D eigenvalue weighted by molar-refractivity contribution is 7.99. The summed E-state index contributed by atoms with van der Waals surface area (Å²) in [5.74, 6) is 1.40. The fraction of sp³-hybridized carbons (Fsp3) is 0.727. The van der Waals surface area contributed by atoms with Crippen molar-refractivity contribution < 1.29 is 15.3 Å². The molecule has 0 aliphatic rings. The van der Waals surface area contributed by atoms with Crippen LogP contribution in [0.25, 0.3) is 0 Å². The number of thioether (sulfide) groups is 1. The van der Waals surface area contributed by atoms with Crippen LogP contribution in [0.3, 0.4) is 0 Å². The van der Waals surface area contributed by atoms with Crippen LogP contribution in [0.1, 0.15) is 0 Å². The summed E-state index contributed by atoms with van der Waals surface area (Å²) in [7, 11) is 3.56. The smallest absolute Gasteiger partial charge is 0.230 e. The maximum atomic E-state index is 8.98. The second-order valence-electron chi connectivity index (χ2n) is 4.08. The zero-order chi connectivity index (χ0) is 15.0. The Balaban J connectivity index is 3.00. The third-order valence-electron chi connectivity index (χ3n) is 2.47. The van der Waals surface area contributed by atoms with Gasteiger partial charge in [-0.25, -0.2) is 0 Å². The second kappa shape index (κ2) is 8.90. The molecule has 0 saturated carbocycles. The van der Waals surface area contributed by atoms with E-state index >= 15 is 0 Å². The van der Waals surface area contributed by atoms with Crippen molar-refractivity contribution in [1.82, 2.24) is 15.0 Å². The lowest BCUT2D eigenvalue weighted by atomic mass is 10.6. The molecular weight excluding hydrogens is 282 g/mol. The Bertz CT molecular complexity index is 379. The van der Waals surface area contributed by atoms with Crippen molar-refractivity contribution in [3.63, 3.8) is 0 Å². The molecule has 0 saturated heterocycles. The SMILES string of the molecule is CN(CCO)c1nc(SCCO)nc(N(C)CCO)n1. The topological polar surface area (TPSA) is 106 Å². The lowest BCUT2D eigenvalue weighted by Crippen LogP contribution is -2.27. The van der Waals surface area contributed by atoms with Gasteiger partial charge in [-0.2, -0.15) is 15.0 Å². The van der Waals surface area contributed by atoms with Crippen LogP contribution in [0.5, 0.6) is 0 Å². The Morgan fingerprint density at radius 1 is 0.850 bits per heavy atom. The Morgan fingerprint density at radius 3 is 1.75 bits per heavy atom. The molecule has 0 aromatic carbocycles. The average Bonchev–Trinajstić information content (AvgIpc) is 2.45. The van der Waals surface area contributed by atoms with E-state index in [1.54, 1.807) is 23.9 Å². The first-order valence-corrected chi connectivity index (χ1v) is 7.24. The molecule has 0 fully saturated rings. The number of likely N-dealkylation sites (N-methyl/N-ethyl adjacent to an activating group) is 2. The average molecular weight is 303 g/mol. The van der Waals surface area contributed by atoms with Gasteiger partial charge in [-0.05, 0) is 0 Å². The van der Waals surface area contributed by atoms with E-state index in [1.807, 2.05) is 0 Å². The van der Waals surface area contributed by atoms with Crippen LogP contribution < -0.4 is 9.80 Å². The maximum Gasteiger partial charge on any atom is 0.230 e. The first-order chi connectivity index (χ1) is 9.62. The monoisotopic (exact) mass is 303 g/mol. The van der Waals surface area contributed by atoms with Crippen molar-refractivity contribution in [3.8, 4) is 0 Å². The van der Waals surface area contributed by atoms with Gasteiger partial charge in [0, 0.05) is 32.9 Å². The summed E-state index contributed by atoms with van der Waals surface area (Å²) in [6.07, 6.45) is 0. The molecule has 20 heavy (non-hydrogen) atoms. The van der Waals surface area contributed by atoms with Gasteiger partial charge in [-0.15, -0.1) is 0 Å². The third-order valence-corrected chi connectivity index (χ3v) is 3.29. The van der Waals surface area contributed by atoms with Gasteiger partial charge in [-0.1, -0.05) is 11.8 Å². The predicted octanol–water partition coefficient (Wildman–Crippen LogP) is -1.19. The molecule has 8 nitrogen and oxygen atoms in total. The van der Waals surface area contributed by atoms with Crippen LogP contribution in [-0.2, 0) is 0 Å². The first-order valence-electron chi connectivity index (χ1n) is 6.26. The van der Waals surface area contributed by atoms with Crippen LogP contribution >= 0.6 is 11.8 Å². The molecular formula is C11H21N5O3S. The minimum Gasteiger partial charge on any atom is -0.396 e. The molecule has 0 unspecified atom stereocenters. The normalized spacial score (nSPS) is 10.7. The quantitative estimate of drug-likeness (QED) is 0.486. The number of aromatic nitrogens is 3. The van der Waals surface area contributed by atoms with Crippen molar-refractivity contribution >= 4 is 23.7 Å². The van der Waals surface area contributed by atoms with Crippen LogP contribution in [-0.4, -0.2) is 83.0 Å². The molecule has 9 heteroatoms. The van der Waals surface area contributed by atoms with Crippen molar-refractivity contribution in [1.29, 1.82) is 0 Å². The standard InChI is InChI=1S/C11H21N5O3S/c1-15(3-5-17)9-12-10(16(2)4-6-18)14-11(13-9)20-8-7-19/h17-19H,3-8H2,1-2H3. The van der Waals surface area contributed by atoms with Crippen LogP contribution in [0, 0.1) is 0 Å². The highest BCUT2D eigenvalue weighted by Crippen LogP contribution is 2.19. The zero-order valence-electron chi connectivity index (χ0n) is 11.7. The minimum absolute atomic E-state index is 0.00309. The van der Waals surface area contributed by atoms with Crippen LogP contribution in [0.4, 0.5) is 11.9 Å². The van der Waals surface area contributed by atoms with Gasteiger partial charge in [0.25, 0.3) is 0 Å². The van der Waals surface area contributed by atoms with E-state index in [9.17, 15) is 0 Å². The van der Waals surface area contributed by atoms with Crippen LogP contribution in [0.15, 0.2) is 5.16 Å². The number of hydrogen-bond acceptors (Lipinski definition) is 9. The highest BCUT2D eigenvalue weighted by atomic mass is 32.2. The molecule has 3 N–H and O–H groups in total. The van der Waals surface area contributed by atoms with Gasteiger partial charge in [0.05, 0.1) is 19.8 Å². The van der Waals surface area contributed by atoms with E-state index < -0.39 is 0 Å². The molecule has 0 atom stereocenters. The van der Waals surface area contributed by atoms with E-state index in [0.29, 0.717) is 35.9 Å². The summed E-state index contributed by atoms with van der Waals surface area (Å²) in [4.78, 5) is 16.3. The lowest BCUT2D eigenvalue weighted by Gasteiger charge is -2.20. The molecule has 1 aromatic rings. The molecule has 0 bridgehead atoms. The zero-order valence-corrected chi connectivity index (χ0v) is 12.5.